The van der Waals surface area contributed by atoms with Gasteiger partial charge in [0.15, 0.2) is 5.75 Å². The lowest BCUT2D eigenvalue weighted by Crippen LogP contribution is -2.12. The van der Waals surface area contributed by atoms with Gasteiger partial charge in [-0.05, 0) is 5.56 Å². The molecule has 0 radical (unpaired) electrons. The molecule has 0 amide bonds. The second-order valence-corrected chi connectivity index (χ2v) is 4.99. The third-order valence-electron chi connectivity index (χ3n) is 3.17. The molecule has 0 spiro atoms. The van der Waals surface area contributed by atoms with Crippen molar-refractivity contribution in [2.75, 3.05) is 19.0 Å². The maximum atomic E-state index is 11.2. The van der Waals surface area contributed by atoms with E-state index in [1.165, 1.54) is 11.0 Å². The Labute approximate surface area is 132 Å². The third kappa shape index (κ3) is 3.73. The molecule has 8 heteroatoms. The number of hydrogen-bond acceptors (Lipinski definition) is 6. The summed E-state index contributed by atoms with van der Waals surface area (Å²) in [4.78, 5) is 22.5. The minimum absolute atomic E-state index is 0.00634. The fourth-order valence-corrected chi connectivity index (χ4v) is 2.04. The zero-order valence-corrected chi connectivity index (χ0v) is 12.6. The zero-order chi connectivity index (χ0) is 17.0. The van der Waals surface area contributed by atoms with Crippen molar-refractivity contribution in [1.82, 2.24) is 0 Å². The van der Waals surface area contributed by atoms with Crippen molar-refractivity contribution in [1.29, 1.82) is 0 Å². The Bertz CT molecular complexity index is 731. The fourth-order valence-electron chi connectivity index (χ4n) is 2.04. The highest BCUT2D eigenvalue weighted by Gasteiger charge is 2.26. The van der Waals surface area contributed by atoms with Crippen LogP contribution in [0.1, 0.15) is 5.56 Å². The molecule has 0 N–H and O–H groups in total. The molecule has 0 aromatic heterocycles. The van der Waals surface area contributed by atoms with Crippen molar-refractivity contribution in [3.8, 4) is 5.75 Å². The van der Waals surface area contributed by atoms with E-state index in [1.807, 2.05) is 30.3 Å². The van der Waals surface area contributed by atoms with E-state index < -0.39 is 15.5 Å². The fraction of sp³-hybridized carbons (Fsp3) is 0.200. The van der Waals surface area contributed by atoms with Crippen LogP contribution >= 0.6 is 0 Å². The van der Waals surface area contributed by atoms with E-state index in [0.29, 0.717) is 0 Å². The molecule has 0 aliphatic rings. The molecule has 2 aromatic rings. The highest BCUT2D eigenvalue weighted by Crippen LogP contribution is 2.39. The first-order valence-electron chi connectivity index (χ1n) is 6.71. The van der Waals surface area contributed by atoms with Gasteiger partial charge in [-0.2, -0.15) is 0 Å². The van der Waals surface area contributed by atoms with Gasteiger partial charge in [0, 0.05) is 20.2 Å². The highest BCUT2D eigenvalue weighted by molar-refractivity contribution is 5.71. The predicted octanol–water partition coefficient (Wildman–Crippen LogP) is 3.15. The first-order chi connectivity index (χ1) is 10.9. The van der Waals surface area contributed by atoms with Gasteiger partial charge in [0.25, 0.3) is 5.69 Å². The van der Waals surface area contributed by atoms with Crippen LogP contribution in [0.15, 0.2) is 42.5 Å². The van der Waals surface area contributed by atoms with Gasteiger partial charge in [0.05, 0.1) is 15.9 Å². The van der Waals surface area contributed by atoms with Crippen molar-refractivity contribution in [3.63, 3.8) is 0 Å². The van der Waals surface area contributed by atoms with E-state index in [4.69, 9.17) is 4.74 Å². The summed E-state index contributed by atoms with van der Waals surface area (Å²) < 4.78 is 5.52. The van der Waals surface area contributed by atoms with Crippen LogP contribution < -0.4 is 9.64 Å². The average Bonchev–Trinajstić information content (AvgIpc) is 2.52. The summed E-state index contributed by atoms with van der Waals surface area (Å²) in [5.74, 6) is -0.00634. The molecular weight excluding hydrogens is 302 g/mol. The van der Waals surface area contributed by atoms with E-state index in [0.717, 1.165) is 11.6 Å². The van der Waals surface area contributed by atoms with Gasteiger partial charge in [-0.15, -0.1) is 0 Å². The standard InChI is InChI=1S/C15H15N3O5/c1-16(2)12-9-15(23-10-11-6-4-3-5-7-11)14(18(21)22)8-13(12)17(19)20/h3-9H,10H2,1-2H3. The molecule has 0 aliphatic heterocycles. The van der Waals surface area contributed by atoms with Crippen LogP contribution in [0.25, 0.3) is 0 Å². The van der Waals surface area contributed by atoms with Crippen LogP contribution in [0.4, 0.5) is 17.1 Å². The summed E-state index contributed by atoms with van der Waals surface area (Å²) in [7, 11) is 3.24. The molecule has 120 valence electrons. The first kappa shape index (κ1) is 16.2. The molecule has 0 saturated heterocycles. The SMILES string of the molecule is CN(C)c1cc(OCc2ccccc2)c([N+](=O)[O-])cc1[N+](=O)[O-]. The summed E-state index contributed by atoms with van der Waals surface area (Å²) in [6.45, 7) is 0.131. The Morgan fingerprint density at radius 2 is 1.61 bits per heavy atom. The number of ether oxygens (including phenoxy) is 1. The summed E-state index contributed by atoms with van der Waals surface area (Å²) in [5.41, 5.74) is 0.308. The van der Waals surface area contributed by atoms with Crippen molar-refractivity contribution in [2.45, 2.75) is 6.61 Å². The molecule has 0 bridgehead atoms. The Morgan fingerprint density at radius 1 is 1.00 bits per heavy atom. The Balaban J connectivity index is 2.42. The summed E-state index contributed by atoms with van der Waals surface area (Å²) >= 11 is 0. The number of rotatable bonds is 6. The van der Waals surface area contributed by atoms with Crippen molar-refractivity contribution < 1.29 is 14.6 Å². The van der Waals surface area contributed by atoms with E-state index in [2.05, 4.69) is 0 Å². The molecule has 0 fully saturated rings. The highest BCUT2D eigenvalue weighted by atomic mass is 16.6. The monoisotopic (exact) mass is 317 g/mol. The lowest BCUT2D eigenvalue weighted by Gasteiger charge is -2.15. The van der Waals surface area contributed by atoms with Crippen LogP contribution in [-0.4, -0.2) is 23.9 Å². The minimum Gasteiger partial charge on any atom is -0.482 e. The molecule has 2 aromatic carbocycles. The Morgan fingerprint density at radius 3 is 2.13 bits per heavy atom. The maximum Gasteiger partial charge on any atom is 0.317 e. The first-order valence-corrected chi connectivity index (χ1v) is 6.71. The van der Waals surface area contributed by atoms with Gasteiger partial charge >= 0.3 is 5.69 Å². The van der Waals surface area contributed by atoms with Crippen LogP contribution in [0.3, 0.4) is 0 Å². The molecule has 0 heterocycles. The lowest BCUT2D eigenvalue weighted by atomic mass is 10.2. The number of nitro benzene ring substituents is 2. The lowest BCUT2D eigenvalue weighted by molar-refractivity contribution is -0.394. The maximum absolute atomic E-state index is 11.2. The van der Waals surface area contributed by atoms with Gasteiger partial charge < -0.3 is 9.64 Å². The van der Waals surface area contributed by atoms with E-state index in [9.17, 15) is 20.2 Å². The van der Waals surface area contributed by atoms with Crippen molar-refractivity contribution in [3.05, 3.63) is 68.3 Å². The van der Waals surface area contributed by atoms with Gasteiger partial charge in [0.1, 0.15) is 12.3 Å². The van der Waals surface area contributed by atoms with E-state index in [1.54, 1.807) is 14.1 Å². The number of anilines is 1. The molecule has 0 unspecified atom stereocenters. The van der Waals surface area contributed by atoms with Crippen molar-refractivity contribution in [2.24, 2.45) is 0 Å². The largest absolute Gasteiger partial charge is 0.482 e. The van der Waals surface area contributed by atoms with E-state index >= 15 is 0 Å². The summed E-state index contributed by atoms with van der Waals surface area (Å²) in [6.07, 6.45) is 0. The molecule has 8 nitrogen and oxygen atoms in total. The van der Waals surface area contributed by atoms with Gasteiger partial charge in [-0.3, -0.25) is 20.2 Å². The van der Waals surface area contributed by atoms with Gasteiger partial charge in [-0.1, -0.05) is 30.3 Å². The Hall–Kier alpha value is -3.16. The second-order valence-electron chi connectivity index (χ2n) is 4.99. The molecule has 23 heavy (non-hydrogen) atoms. The molecule has 0 aliphatic carbocycles. The normalized spacial score (nSPS) is 10.2. The number of hydrogen-bond donors (Lipinski definition) is 0. The van der Waals surface area contributed by atoms with Gasteiger partial charge in [-0.25, -0.2) is 0 Å². The smallest absolute Gasteiger partial charge is 0.317 e. The predicted molar refractivity (Wildman–Crippen MR) is 84.9 cm³/mol. The van der Waals surface area contributed by atoms with Gasteiger partial charge in [0.2, 0.25) is 0 Å². The Kier molecular flexibility index (Phi) is 4.75. The minimum atomic E-state index is -0.688. The number of nitrogens with zero attached hydrogens (tertiary/aromatic N) is 3. The number of nitro groups is 2. The van der Waals surface area contributed by atoms with Crippen LogP contribution in [0, 0.1) is 20.2 Å². The molecule has 0 saturated carbocycles. The molecule has 0 atom stereocenters. The number of benzene rings is 2. The quantitative estimate of drug-likeness (QED) is 0.599. The van der Waals surface area contributed by atoms with E-state index in [-0.39, 0.29) is 23.7 Å². The molecule has 2 rings (SSSR count). The molecular formula is C15H15N3O5. The summed E-state index contributed by atoms with van der Waals surface area (Å²) in [5, 5.41) is 22.3. The average molecular weight is 317 g/mol. The van der Waals surface area contributed by atoms with Crippen LogP contribution in [0.2, 0.25) is 0 Å². The topological polar surface area (TPSA) is 98.8 Å². The van der Waals surface area contributed by atoms with Crippen LogP contribution in [-0.2, 0) is 6.61 Å². The third-order valence-corrected chi connectivity index (χ3v) is 3.17. The van der Waals surface area contributed by atoms with Crippen LogP contribution in [0.5, 0.6) is 5.75 Å². The summed E-state index contributed by atoms with van der Waals surface area (Å²) in [6, 6.07) is 11.4. The second kappa shape index (κ2) is 6.73. The zero-order valence-electron chi connectivity index (χ0n) is 12.6. The van der Waals surface area contributed by atoms with Crippen molar-refractivity contribution >= 4 is 17.1 Å².